The minimum absolute atomic E-state index is 0.249. The fourth-order valence-electron chi connectivity index (χ4n) is 5.41. The molecule has 0 radical (unpaired) electrons. The Morgan fingerprint density at radius 3 is 2.35 bits per heavy atom. The van der Waals surface area contributed by atoms with E-state index in [9.17, 15) is 0 Å². The van der Waals surface area contributed by atoms with E-state index in [0.717, 1.165) is 25.8 Å². The predicted octanol–water partition coefficient (Wildman–Crippen LogP) is 1.93. The monoisotopic (exact) mass is 445 g/mol. The third kappa shape index (κ3) is 4.74. The fraction of sp³-hybridized carbons (Fsp3) is 0.905. The Labute approximate surface area is 182 Å². The van der Waals surface area contributed by atoms with Gasteiger partial charge in [-0.25, -0.2) is 19.4 Å². The summed E-state index contributed by atoms with van der Waals surface area (Å²) >= 11 is 0. The van der Waals surface area contributed by atoms with E-state index in [1.165, 1.54) is 6.42 Å². The molecule has 10 heteroatoms. The van der Waals surface area contributed by atoms with Crippen molar-refractivity contribution in [2.24, 2.45) is 23.7 Å². The number of hydrogen-bond donors (Lipinski definition) is 2. The Kier molecular flexibility index (Phi) is 7.29. The number of carbonyl (C=O) groups is 2. The van der Waals surface area contributed by atoms with Gasteiger partial charge in [0, 0.05) is 24.8 Å². The molecule has 1 spiro atoms. The molecule has 1 aliphatic carbocycles. The zero-order chi connectivity index (χ0) is 23.0. The zero-order valence-corrected chi connectivity index (χ0v) is 18.9. The molecule has 8 atom stereocenters. The van der Waals surface area contributed by atoms with Crippen LogP contribution >= 0.6 is 0 Å². The van der Waals surface area contributed by atoms with E-state index in [1.54, 1.807) is 0 Å². The third-order valence-electron chi connectivity index (χ3n) is 7.10. The van der Waals surface area contributed by atoms with Crippen molar-refractivity contribution in [2.45, 2.75) is 70.4 Å². The molecule has 10 nitrogen and oxygen atoms in total. The highest BCUT2D eigenvalue weighted by molar-refractivity contribution is 6.27. The van der Waals surface area contributed by atoms with E-state index >= 15 is 0 Å². The summed E-state index contributed by atoms with van der Waals surface area (Å²) in [6, 6.07) is 0. The van der Waals surface area contributed by atoms with Crippen LogP contribution in [-0.4, -0.2) is 78.3 Å². The van der Waals surface area contributed by atoms with Crippen LogP contribution in [0.2, 0.25) is 0 Å². The van der Waals surface area contributed by atoms with Gasteiger partial charge in [0.25, 0.3) is 0 Å². The van der Waals surface area contributed by atoms with E-state index < -0.39 is 29.6 Å². The Balaban J connectivity index is 0.000000401. The Morgan fingerprint density at radius 2 is 1.74 bits per heavy atom. The second-order valence-electron chi connectivity index (χ2n) is 9.56. The van der Waals surface area contributed by atoms with Gasteiger partial charge < -0.3 is 29.3 Å². The second-order valence-corrected chi connectivity index (χ2v) is 9.56. The van der Waals surface area contributed by atoms with Crippen LogP contribution in [0.3, 0.4) is 0 Å². The number of nitrogens with zero attached hydrogens (tertiary/aromatic N) is 1. The summed E-state index contributed by atoms with van der Waals surface area (Å²) in [6.45, 7) is 8.06. The molecule has 5 fully saturated rings. The van der Waals surface area contributed by atoms with Crippen LogP contribution in [0.5, 0.6) is 0 Å². The molecule has 4 aliphatic heterocycles. The summed E-state index contributed by atoms with van der Waals surface area (Å²) in [5, 5.41) is 14.8. The zero-order valence-electron chi connectivity index (χ0n) is 18.9. The highest BCUT2D eigenvalue weighted by Gasteiger charge is 2.69. The average molecular weight is 446 g/mol. The molecule has 5 aliphatic rings. The van der Waals surface area contributed by atoms with Crippen LogP contribution in [0.25, 0.3) is 0 Å². The average Bonchev–Trinajstić information content (AvgIpc) is 2.92. The van der Waals surface area contributed by atoms with Gasteiger partial charge in [-0.05, 0) is 52.1 Å². The van der Waals surface area contributed by atoms with Crippen molar-refractivity contribution in [2.75, 3.05) is 27.2 Å². The van der Waals surface area contributed by atoms with Crippen molar-refractivity contribution in [3.05, 3.63) is 0 Å². The van der Waals surface area contributed by atoms with E-state index in [2.05, 4.69) is 32.8 Å². The predicted molar refractivity (Wildman–Crippen MR) is 107 cm³/mol. The van der Waals surface area contributed by atoms with Gasteiger partial charge in [0.15, 0.2) is 18.2 Å². The summed E-state index contributed by atoms with van der Waals surface area (Å²) < 4.78 is 18.8. The molecule has 4 unspecified atom stereocenters. The number of carboxylic acids is 2. The minimum atomic E-state index is -1.82. The van der Waals surface area contributed by atoms with Gasteiger partial charge in [-0.3, -0.25) is 0 Å². The molecule has 4 saturated heterocycles. The normalized spacial score (nSPS) is 43.4. The maximum atomic E-state index is 9.10. The molecule has 4 heterocycles. The summed E-state index contributed by atoms with van der Waals surface area (Å²) in [7, 11) is 4.10. The lowest BCUT2D eigenvalue weighted by atomic mass is 9.58. The first kappa shape index (κ1) is 24.3. The lowest BCUT2D eigenvalue weighted by Crippen LogP contribution is -2.70. The topological polar surface area (TPSA) is 124 Å². The Bertz CT molecular complexity index is 661. The van der Waals surface area contributed by atoms with Gasteiger partial charge in [-0.15, -0.1) is 0 Å². The first-order chi connectivity index (χ1) is 14.5. The van der Waals surface area contributed by atoms with Crippen LogP contribution in [0.4, 0.5) is 0 Å². The molecule has 0 aromatic carbocycles. The van der Waals surface area contributed by atoms with Gasteiger partial charge in [0.2, 0.25) is 5.79 Å². The maximum absolute atomic E-state index is 9.10. The number of likely N-dealkylation sites (N-methyl/N-ethyl adjacent to an activating group) is 1. The minimum Gasteiger partial charge on any atom is -0.473 e. The smallest absolute Gasteiger partial charge is 0.414 e. The Morgan fingerprint density at radius 1 is 1.06 bits per heavy atom. The first-order valence-corrected chi connectivity index (χ1v) is 10.9. The van der Waals surface area contributed by atoms with E-state index in [0.29, 0.717) is 24.4 Å². The molecule has 5 rings (SSSR count). The van der Waals surface area contributed by atoms with Crippen LogP contribution < -0.4 is 0 Å². The highest BCUT2D eigenvalue weighted by atomic mass is 17.3. The van der Waals surface area contributed by atoms with Gasteiger partial charge in [-0.2, -0.15) is 0 Å². The first-order valence-electron chi connectivity index (χ1n) is 10.9. The van der Waals surface area contributed by atoms with Gasteiger partial charge in [-0.1, -0.05) is 13.8 Å². The second kappa shape index (κ2) is 9.29. The van der Waals surface area contributed by atoms with Crippen LogP contribution in [0.1, 0.15) is 46.5 Å². The standard InChI is InChI=1S/C19H33NO5.C2H2O4/c1-12-6-7-15-13(2)16(21-11-10-20(4)5)22-17-19(15)14(12)8-9-18(3,23-17)24-25-19;3-1(4)2(5)6/h12-17H,6-11H2,1-5H3;(H,3,4)(H,5,6)/t12?,13?,14?,15?,16-,17+,18+,19+;/m0./s1. The van der Waals surface area contributed by atoms with E-state index in [-0.39, 0.29) is 12.2 Å². The van der Waals surface area contributed by atoms with Gasteiger partial charge in [0.1, 0.15) is 0 Å². The third-order valence-corrected chi connectivity index (χ3v) is 7.10. The van der Waals surface area contributed by atoms with E-state index in [4.69, 9.17) is 43.8 Å². The lowest BCUT2D eigenvalue weighted by molar-refractivity contribution is -0.577. The maximum Gasteiger partial charge on any atom is 0.414 e. The number of ether oxygens (including phenoxy) is 3. The number of hydrogen-bond acceptors (Lipinski definition) is 8. The number of fused-ring (bicyclic) bond motifs is 2. The molecular weight excluding hydrogens is 410 g/mol. The molecule has 31 heavy (non-hydrogen) atoms. The molecule has 0 amide bonds. The fourth-order valence-corrected chi connectivity index (χ4v) is 5.41. The van der Waals surface area contributed by atoms with Gasteiger partial charge >= 0.3 is 11.9 Å². The van der Waals surface area contributed by atoms with Crippen LogP contribution in [0, 0.1) is 23.7 Å². The summed E-state index contributed by atoms with van der Waals surface area (Å²) in [5.74, 6) is -2.78. The molecule has 2 bridgehead atoms. The van der Waals surface area contributed by atoms with Crippen LogP contribution in [-0.2, 0) is 33.6 Å². The molecular formula is C21H35NO9. The van der Waals surface area contributed by atoms with Crippen molar-refractivity contribution < 1.29 is 43.8 Å². The number of aliphatic carboxylic acids is 2. The van der Waals surface area contributed by atoms with Crippen molar-refractivity contribution in [3.63, 3.8) is 0 Å². The number of carboxylic acid groups (broad SMARTS) is 2. The van der Waals surface area contributed by atoms with Crippen molar-refractivity contribution in [3.8, 4) is 0 Å². The SMILES string of the molecule is CC1CCC2C(C)[C@@H](OCCN(C)C)O[C@@H]3O[C@@]4(C)CCC1[C@@]23OO4.O=C(O)C(=O)O. The van der Waals surface area contributed by atoms with Crippen molar-refractivity contribution >= 4 is 11.9 Å². The van der Waals surface area contributed by atoms with Crippen LogP contribution in [0.15, 0.2) is 0 Å². The molecule has 0 aromatic heterocycles. The van der Waals surface area contributed by atoms with E-state index in [1.807, 2.05) is 6.92 Å². The molecule has 1 saturated carbocycles. The van der Waals surface area contributed by atoms with Crippen molar-refractivity contribution in [1.82, 2.24) is 4.90 Å². The largest absolute Gasteiger partial charge is 0.473 e. The summed E-state index contributed by atoms with van der Waals surface area (Å²) in [5.41, 5.74) is -0.492. The highest BCUT2D eigenvalue weighted by Crippen LogP contribution is 2.60. The van der Waals surface area contributed by atoms with Crippen molar-refractivity contribution in [1.29, 1.82) is 0 Å². The Hall–Kier alpha value is -1.30. The summed E-state index contributed by atoms with van der Waals surface area (Å²) in [4.78, 5) is 32.3. The number of rotatable bonds is 4. The lowest BCUT2D eigenvalue weighted by Gasteiger charge is -2.60. The molecule has 0 aromatic rings. The van der Waals surface area contributed by atoms with Gasteiger partial charge in [0.05, 0.1) is 6.61 Å². The quantitative estimate of drug-likeness (QED) is 0.490. The molecule has 2 N–H and O–H groups in total. The molecule has 178 valence electrons. The summed E-state index contributed by atoms with van der Waals surface area (Å²) in [6.07, 6.45) is 3.58.